The molecule has 0 bridgehead atoms. The molecule has 4 nitrogen and oxygen atoms in total. The van der Waals surface area contributed by atoms with E-state index in [4.69, 9.17) is 16.7 Å². The van der Waals surface area contributed by atoms with Crippen LogP contribution in [0.25, 0.3) is 0 Å². The molecule has 6 heteroatoms. The third kappa shape index (κ3) is 3.60. The second-order valence-corrected chi connectivity index (χ2v) is 5.93. The van der Waals surface area contributed by atoms with Gasteiger partial charge in [-0.25, -0.2) is 4.79 Å². The minimum Gasteiger partial charge on any atom is -0.478 e. The van der Waals surface area contributed by atoms with Crippen molar-refractivity contribution < 1.29 is 9.90 Å². The van der Waals surface area contributed by atoms with E-state index in [1.165, 1.54) is 0 Å². The van der Waals surface area contributed by atoms with Gasteiger partial charge in [0.25, 0.3) is 0 Å². The minimum atomic E-state index is -0.914. The van der Waals surface area contributed by atoms with Gasteiger partial charge in [-0.15, -0.1) is 11.8 Å². The summed E-state index contributed by atoms with van der Waals surface area (Å²) in [7, 11) is 0. The predicted molar refractivity (Wildman–Crippen MR) is 85.3 cm³/mol. The highest BCUT2D eigenvalue weighted by atomic mass is 35.5. The third-order valence-corrected chi connectivity index (χ3v) is 4.59. The molecule has 0 atom stereocenters. The number of carboxylic acid groups (broad SMARTS) is 1. The van der Waals surface area contributed by atoms with Crippen LogP contribution < -0.4 is 0 Å². The summed E-state index contributed by atoms with van der Waals surface area (Å²) in [6.07, 6.45) is 0.804. The molecule has 0 spiro atoms. The van der Waals surface area contributed by atoms with E-state index >= 15 is 0 Å². The number of aryl methyl sites for hydroxylation is 2. The van der Waals surface area contributed by atoms with Crippen molar-refractivity contribution in [1.29, 1.82) is 0 Å². The summed E-state index contributed by atoms with van der Waals surface area (Å²) in [6.45, 7) is 4.83. The third-order valence-electron chi connectivity index (χ3n) is 3.15. The van der Waals surface area contributed by atoms with Crippen LogP contribution >= 0.6 is 23.4 Å². The van der Waals surface area contributed by atoms with E-state index in [1.54, 1.807) is 30.0 Å². The fourth-order valence-corrected chi connectivity index (χ4v) is 3.42. The highest BCUT2D eigenvalue weighted by Crippen LogP contribution is 2.29. The van der Waals surface area contributed by atoms with Crippen molar-refractivity contribution in [2.24, 2.45) is 0 Å². The molecule has 0 fully saturated rings. The van der Waals surface area contributed by atoms with Crippen molar-refractivity contribution in [3.05, 3.63) is 46.2 Å². The van der Waals surface area contributed by atoms with Gasteiger partial charge in [-0.2, -0.15) is 5.10 Å². The molecule has 21 heavy (non-hydrogen) atoms. The van der Waals surface area contributed by atoms with Gasteiger partial charge in [0.1, 0.15) is 0 Å². The van der Waals surface area contributed by atoms with Crippen LogP contribution in [0.4, 0.5) is 0 Å². The Morgan fingerprint density at radius 2 is 2.19 bits per heavy atom. The van der Waals surface area contributed by atoms with Gasteiger partial charge in [0.15, 0.2) is 0 Å². The zero-order valence-electron chi connectivity index (χ0n) is 12.0. The number of aromatic carboxylic acids is 1. The van der Waals surface area contributed by atoms with Gasteiger partial charge >= 0.3 is 5.97 Å². The Hall–Kier alpha value is -1.46. The number of halogens is 1. The number of hydrogen-bond donors (Lipinski definition) is 1. The molecular weight excluding hydrogens is 308 g/mol. The molecule has 0 amide bonds. The second kappa shape index (κ2) is 7.00. The molecule has 1 heterocycles. The fourth-order valence-electron chi connectivity index (χ4n) is 2.03. The van der Waals surface area contributed by atoms with Gasteiger partial charge < -0.3 is 5.11 Å². The molecule has 112 valence electrons. The zero-order chi connectivity index (χ0) is 15.4. The molecule has 1 aromatic carbocycles. The van der Waals surface area contributed by atoms with Crippen molar-refractivity contribution in [3.63, 3.8) is 0 Å². The Balaban J connectivity index is 2.18. The number of nitrogens with zero attached hydrogens (tertiary/aromatic N) is 2. The second-order valence-electron chi connectivity index (χ2n) is 4.50. The number of benzene rings is 1. The summed E-state index contributed by atoms with van der Waals surface area (Å²) in [6, 6.07) is 6.92. The first-order valence-electron chi connectivity index (χ1n) is 6.77. The lowest BCUT2D eigenvalue weighted by Gasteiger charge is -2.06. The number of thioether (sulfide) groups is 1. The monoisotopic (exact) mass is 324 g/mol. The lowest BCUT2D eigenvalue weighted by Crippen LogP contribution is -2.02. The number of carboxylic acids is 1. The van der Waals surface area contributed by atoms with E-state index < -0.39 is 5.97 Å². The van der Waals surface area contributed by atoms with Gasteiger partial charge in [0.2, 0.25) is 0 Å². The largest absolute Gasteiger partial charge is 0.478 e. The van der Waals surface area contributed by atoms with E-state index in [9.17, 15) is 4.79 Å². The Bertz CT molecular complexity index is 655. The van der Waals surface area contributed by atoms with Crippen LogP contribution in [0.2, 0.25) is 5.02 Å². The van der Waals surface area contributed by atoms with Crippen molar-refractivity contribution >= 4 is 29.3 Å². The van der Waals surface area contributed by atoms with Crippen LogP contribution in [-0.4, -0.2) is 20.9 Å². The quantitative estimate of drug-likeness (QED) is 0.812. The van der Waals surface area contributed by atoms with Crippen LogP contribution in [0.3, 0.4) is 0 Å². The smallest absolute Gasteiger partial charge is 0.335 e. The molecule has 0 aliphatic heterocycles. The first-order valence-corrected chi connectivity index (χ1v) is 8.13. The summed E-state index contributed by atoms with van der Waals surface area (Å²) in [5, 5.41) is 14.2. The summed E-state index contributed by atoms with van der Waals surface area (Å²) in [5.41, 5.74) is 2.19. The highest BCUT2D eigenvalue weighted by Gasteiger charge is 2.14. The molecule has 2 rings (SSSR count). The molecule has 1 N–H and O–H groups in total. The molecule has 0 saturated carbocycles. The van der Waals surface area contributed by atoms with E-state index in [0.717, 1.165) is 34.3 Å². The Morgan fingerprint density at radius 1 is 1.43 bits per heavy atom. The van der Waals surface area contributed by atoms with Crippen LogP contribution in [0.1, 0.15) is 35.6 Å². The zero-order valence-corrected chi connectivity index (χ0v) is 13.5. The maximum atomic E-state index is 11.0. The van der Waals surface area contributed by atoms with Crippen LogP contribution in [-0.2, 0) is 18.7 Å². The van der Waals surface area contributed by atoms with Gasteiger partial charge in [-0.1, -0.05) is 24.6 Å². The summed E-state index contributed by atoms with van der Waals surface area (Å²) < 4.78 is 1.91. The highest BCUT2D eigenvalue weighted by molar-refractivity contribution is 7.98. The molecule has 0 saturated heterocycles. The topological polar surface area (TPSA) is 55.1 Å². The molecule has 0 aliphatic carbocycles. The fraction of sp³-hybridized carbons (Fsp3) is 0.333. The molecule has 0 radical (unpaired) electrons. The predicted octanol–water partition coefficient (Wildman–Crippen LogP) is 4.11. The van der Waals surface area contributed by atoms with Crippen molar-refractivity contribution in [3.8, 4) is 0 Å². The van der Waals surface area contributed by atoms with E-state index in [0.29, 0.717) is 11.3 Å². The van der Waals surface area contributed by atoms with Gasteiger partial charge in [0, 0.05) is 17.2 Å². The SMILES string of the molecule is CCc1nn(CC)c(CSc2cccc(C(=O)O)c2)c1Cl. The van der Waals surface area contributed by atoms with Gasteiger partial charge in [0.05, 0.1) is 22.0 Å². The van der Waals surface area contributed by atoms with E-state index in [2.05, 4.69) is 5.10 Å². The lowest BCUT2D eigenvalue weighted by atomic mass is 10.2. The molecule has 0 aliphatic rings. The molecule has 1 aromatic heterocycles. The summed E-state index contributed by atoms with van der Waals surface area (Å²) in [4.78, 5) is 11.9. The molecular formula is C15H17ClN2O2S. The number of carbonyl (C=O) groups is 1. The average molecular weight is 325 g/mol. The van der Waals surface area contributed by atoms with Crippen LogP contribution in [0.15, 0.2) is 29.2 Å². The maximum Gasteiger partial charge on any atom is 0.335 e. The standard InChI is InChI=1S/C15H17ClN2O2S/c1-3-12-14(16)13(18(4-2)17-12)9-21-11-7-5-6-10(8-11)15(19)20/h5-8H,3-4,9H2,1-2H3,(H,19,20). The molecule has 2 aromatic rings. The Labute approximate surface area is 133 Å². The van der Waals surface area contributed by atoms with E-state index in [1.807, 2.05) is 24.6 Å². The number of aromatic nitrogens is 2. The average Bonchev–Trinajstić information content (AvgIpc) is 2.81. The van der Waals surface area contributed by atoms with Crippen molar-refractivity contribution in [1.82, 2.24) is 9.78 Å². The van der Waals surface area contributed by atoms with Crippen molar-refractivity contribution in [2.45, 2.75) is 37.5 Å². The van der Waals surface area contributed by atoms with Gasteiger partial charge in [-0.05, 0) is 31.5 Å². The van der Waals surface area contributed by atoms with Crippen LogP contribution in [0.5, 0.6) is 0 Å². The first kappa shape index (κ1) is 15.9. The van der Waals surface area contributed by atoms with Crippen molar-refractivity contribution in [2.75, 3.05) is 0 Å². The summed E-state index contributed by atoms with van der Waals surface area (Å²) >= 11 is 7.93. The Morgan fingerprint density at radius 3 is 2.81 bits per heavy atom. The number of hydrogen-bond acceptors (Lipinski definition) is 3. The lowest BCUT2D eigenvalue weighted by molar-refractivity contribution is 0.0696. The first-order chi connectivity index (χ1) is 10.1. The van der Waals surface area contributed by atoms with Crippen LogP contribution in [0, 0.1) is 0 Å². The minimum absolute atomic E-state index is 0.296. The summed E-state index contributed by atoms with van der Waals surface area (Å²) in [5.74, 6) is -0.245. The van der Waals surface area contributed by atoms with E-state index in [-0.39, 0.29) is 0 Å². The maximum absolute atomic E-state index is 11.0. The van der Waals surface area contributed by atoms with Gasteiger partial charge in [-0.3, -0.25) is 4.68 Å². The normalized spacial score (nSPS) is 10.8. The Kier molecular flexibility index (Phi) is 5.31. The number of rotatable bonds is 6. The molecule has 0 unspecified atom stereocenters.